The minimum atomic E-state index is -0.596. The van der Waals surface area contributed by atoms with Crippen molar-refractivity contribution in [1.82, 2.24) is 20.4 Å². The average molecular weight is 421 g/mol. The molecule has 0 atom stereocenters. The van der Waals surface area contributed by atoms with Gasteiger partial charge in [-0.15, -0.1) is 0 Å². The van der Waals surface area contributed by atoms with Crippen molar-refractivity contribution in [3.05, 3.63) is 46.5 Å². The second-order valence-electron chi connectivity index (χ2n) is 7.94. The molecule has 29 heavy (non-hydrogen) atoms. The fraction of sp³-hybridized carbons (Fsp3) is 0.450. The van der Waals surface area contributed by atoms with Gasteiger partial charge in [-0.05, 0) is 45.2 Å². The van der Waals surface area contributed by atoms with Gasteiger partial charge in [0.1, 0.15) is 11.6 Å². The first-order valence-electron chi connectivity index (χ1n) is 9.49. The molecule has 1 heterocycles. The molecule has 3 aliphatic rings. The maximum atomic E-state index is 13.4. The third kappa shape index (κ3) is 3.69. The van der Waals surface area contributed by atoms with Crippen molar-refractivity contribution in [2.75, 3.05) is 6.61 Å². The van der Waals surface area contributed by atoms with Crippen molar-refractivity contribution in [2.45, 2.75) is 50.7 Å². The maximum Gasteiger partial charge on any atom is 0.258 e. The van der Waals surface area contributed by atoms with Gasteiger partial charge in [0, 0.05) is 29.9 Å². The SMILES string of the molecule is CCn1cc(C(=O)NC23CC(NC(=O)COc4ccc(Cl)c(F)c4)(C2)C3)c(C)n1. The maximum absolute atomic E-state index is 13.4. The third-order valence-corrected chi connectivity index (χ3v) is 5.90. The quantitative estimate of drug-likeness (QED) is 0.721. The number of nitrogens with zero attached hydrogens (tertiary/aromatic N) is 2. The lowest BCUT2D eigenvalue weighted by atomic mass is 9.44. The topological polar surface area (TPSA) is 85.2 Å². The highest BCUT2D eigenvalue weighted by Gasteiger charge is 2.69. The number of halogens is 2. The summed E-state index contributed by atoms with van der Waals surface area (Å²) in [6.45, 7) is 4.28. The Kier molecular flexibility index (Phi) is 4.77. The first-order chi connectivity index (χ1) is 13.7. The Bertz CT molecular complexity index is 970. The van der Waals surface area contributed by atoms with E-state index in [1.165, 1.54) is 12.1 Å². The Morgan fingerprint density at radius 2 is 1.97 bits per heavy atom. The Balaban J connectivity index is 1.25. The zero-order valence-electron chi connectivity index (χ0n) is 16.2. The van der Waals surface area contributed by atoms with Gasteiger partial charge in [0.05, 0.1) is 16.3 Å². The second kappa shape index (κ2) is 7.02. The number of aryl methyl sites for hydroxylation is 2. The molecule has 9 heteroatoms. The summed E-state index contributed by atoms with van der Waals surface area (Å²) in [5, 5.41) is 10.4. The van der Waals surface area contributed by atoms with Gasteiger partial charge in [-0.3, -0.25) is 14.3 Å². The number of hydrogen-bond donors (Lipinski definition) is 2. The molecular formula is C20H22ClFN4O3. The fourth-order valence-corrected chi connectivity index (χ4v) is 4.43. The lowest BCUT2D eigenvalue weighted by Crippen LogP contribution is -2.84. The molecule has 3 aliphatic carbocycles. The van der Waals surface area contributed by atoms with E-state index in [1.807, 2.05) is 13.8 Å². The number of benzene rings is 1. The standard InChI is InChI=1S/C20H22ClFN4O3/c1-3-26-7-14(12(2)25-26)18(28)24-20-9-19(10-20,11-20)23-17(27)8-29-13-4-5-15(21)16(22)6-13/h4-7H,3,8-11H2,1-2H3,(H,23,27)(H,24,28). The highest BCUT2D eigenvalue weighted by molar-refractivity contribution is 6.30. The van der Waals surface area contributed by atoms with E-state index in [4.69, 9.17) is 16.3 Å². The Labute approximate surface area is 172 Å². The molecule has 2 amide bonds. The predicted octanol–water partition coefficient (Wildman–Crippen LogP) is 2.60. The van der Waals surface area contributed by atoms with Crippen LogP contribution in [0.3, 0.4) is 0 Å². The third-order valence-electron chi connectivity index (χ3n) is 5.59. The number of hydrogen-bond acceptors (Lipinski definition) is 4. The monoisotopic (exact) mass is 420 g/mol. The first kappa shape index (κ1) is 19.7. The zero-order chi connectivity index (χ0) is 20.8. The summed E-state index contributed by atoms with van der Waals surface area (Å²) in [6.07, 6.45) is 3.82. The number of nitrogens with one attached hydrogen (secondary N) is 2. The number of ether oxygens (including phenoxy) is 1. The molecule has 2 N–H and O–H groups in total. The van der Waals surface area contributed by atoms with E-state index in [9.17, 15) is 14.0 Å². The summed E-state index contributed by atoms with van der Waals surface area (Å²) in [6, 6.07) is 4.03. The Morgan fingerprint density at radius 1 is 1.28 bits per heavy atom. The molecular weight excluding hydrogens is 399 g/mol. The van der Waals surface area contributed by atoms with Gasteiger partial charge >= 0.3 is 0 Å². The van der Waals surface area contributed by atoms with Crippen LogP contribution in [-0.4, -0.2) is 39.3 Å². The summed E-state index contributed by atoms with van der Waals surface area (Å²) >= 11 is 5.62. The summed E-state index contributed by atoms with van der Waals surface area (Å²) in [5.41, 5.74) is 0.736. The summed E-state index contributed by atoms with van der Waals surface area (Å²) in [5.74, 6) is -0.761. The highest BCUT2D eigenvalue weighted by Crippen LogP contribution is 2.60. The summed E-state index contributed by atoms with van der Waals surface area (Å²) in [7, 11) is 0. The first-order valence-corrected chi connectivity index (χ1v) is 9.86. The Hall–Kier alpha value is -2.61. The van der Waals surface area contributed by atoms with Gasteiger partial charge < -0.3 is 15.4 Å². The Morgan fingerprint density at radius 3 is 2.59 bits per heavy atom. The smallest absolute Gasteiger partial charge is 0.258 e. The lowest BCUT2D eigenvalue weighted by molar-refractivity contribution is -0.141. The number of amides is 2. The van der Waals surface area contributed by atoms with Crippen LogP contribution in [0.25, 0.3) is 0 Å². The molecule has 0 unspecified atom stereocenters. The van der Waals surface area contributed by atoms with Crippen molar-refractivity contribution < 1.29 is 18.7 Å². The van der Waals surface area contributed by atoms with Crippen LogP contribution in [0, 0.1) is 12.7 Å². The molecule has 0 spiro atoms. The van der Waals surface area contributed by atoms with Gasteiger partial charge in [-0.1, -0.05) is 11.6 Å². The van der Waals surface area contributed by atoms with Crippen LogP contribution in [-0.2, 0) is 11.3 Å². The molecule has 0 aliphatic heterocycles. The highest BCUT2D eigenvalue weighted by atomic mass is 35.5. The summed E-state index contributed by atoms with van der Waals surface area (Å²) in [4.78, 5) is 24.7. The largest absolute Gasteiger partial charge is 0.484 e. The normalized spacial score (nSPS) is 24.3. The molecule has 2 bridgehead atoms. The van der Waals surface area contributed by atoms with Crippen molar-refractivity contribution in [2.24, 2.45) is 0 Å². The van der Waals surface area contributed by atoms with Gasteiger partial charge in [-0.25, -0.2) is 4.39 Å². The molecule has 5 rings (SSSR count). The number of aromatic nitrogens is 2. The van der Waals surface area contributed by atoms with Crippen LogP contribution >= 0.6 is 11.6 Å². The second-order valence-corrected chi connectivity index (χ2v) is 8.35. The van der Waals surface area contributed by atoms with Crippen molar-refractivity contribution in [3.63, 3.8) is 0 Å². The number of carbonyl (C=O) groups excluding carboxylic acids is 2. The minimum Gasteiger partial charge on any atom is -0.484 e. The lowest BCUT2D eigenvalue weighted by Gasteiger charge is -2.70. The van der Waals surface area contributed by atoms with Gasteiger partial charge in [-0.2, -0.15) is 5.10 Å². The van der Waals surface area contributed by atoms with Gasteiger partial charge in [0.25, 0.3) is 11.8 Å². The molecule has 3 saturated carbocycles. The molecule has 154 valence electrons. The van der Waals surface area contributed by atoms with Crippen LogP contribution < -0.4 is 15.4 Å². The molecule has 0 radical (unpaired) electrons. The minimum absolute atomic E-state index is 0.000230. The van der Waals surface area contributed by atoms with Crippen LogP contribution in [0.4, 0.5) is 4.39 Å². The molecule has 1 aromatic carbocycles. The molecule has 3 fully saturated rings. The van der Waals surface area contributed by atoms with Gasteiger partial charge in [0.2, 0.25) is 0 Å². The molecule has 7 nitrogen and oxygen atoms in total. The van der Waals surface area contributed by atoms with E-state index in [1.54, 1.807) is 10.9 Å². The van der Waals surface area contributed by atoms with E-state index >= 15 is 0 Å². The summed E-state index contributed by atoms with van der Waals surface area (Å²) < 4.78 is 20.5. The average Bonchev–Trinajstić information content (AvgIpc) is 3.01. The molecule has 2 aromatic rings. The van der Waals surface area contributed by atoms with E-state index in [2.05, 4.69) is 15.7 Å². The van der Waals surface area contributed by atoms with Crippen LogP contribution in [0.5, 0.6) is 5.75 Å². The van der Waals surface area contributed by atoms with E-state index in [0.29, 0.717) is 37.1 Å². The van der Waals surface area contributed by atoms with Gasteiger partial charge in [0.15, 0.2) is 6.61 Å². The van der Waals surface area contributed by atoms with Crippen LogP contribution in [0.1, 0.15) is 42.2 Å². The predicted molar refractivity (Wildman–Crippen MR) is 104 cm³/mol. The van der Waals surface area contributed by atoms with Crippen LogP contribution in [0.2, 0.25) is 5.02 Å². The molecule has 0 saturated heterocycles. The fourth-order valence-electron chi connectivity index (χ4n) is 4.31. The number of carbonyl (C=O) groups is 2. The van der Waals surface area contributed by atoms with Crippen molar-refractivity contribution in [1.29, 1.82) is 0 Å². The molecule has 1 aromatic heterocycles. The van der Waals surface area contributed by atoms with E-state index < -0.39 is 5.82 Å². The van der Waals surface area contributed by atoms with E-state index in [0.717, 1.165) is 6.07 Å². The van der Waals surface area contributed by atoms with Crippen molar-refractivity contribution >= 4 is 23.4 Å². The van der Waals surface area contributed by atoms with E-state index in [-0.39, 0.29) is 40.3 Å². The van der Waals surface area contributed by atoms with Crippen LogP contribution in [0.15, 0.2) is 24.4 Å². The number of rotatable bonds is 7. The van der Waals surface area contributed by atoms with Crippen molar-refractivity contribution in [3.8, 4) is 5.75 Å². The zero-order valence-corrected chi connectivity index (χ0v) is 17.0.